The molecule has 5 unspecified atom stereocenters. The summed E-state index contributed by atoms with van der Waals surface area (Å²) in [4.78, 5) is 20.2. The van der Waals surface area contributed by atoms with E-state index in [1.54, 1.807) is 0 Å². The Kier molecular flexibility index (Phi) is 22.4. The minimum absolute atomic E-state index is 0.00799. The molecule has 1 rings (SSSR count). The molecule has 64 heavy (non-hydrogen) atoms. The fourth-order valence-electron chi connectivity index (χ4n) is 7.17. The monoisotopic (exact) mass is 960 g/mol. The molecule has 0 radical (unpaired) electrons. The van der Waals surface area contributed by atoms with Gasteiger partial charge in [0, 0.05) is 24.1 Å². The van der Waals surface area contributed by atoms with Crippen molar-refractivity contribution in [2.45, 2.75) is 260 Å². The van der Waals surface area contributed by atoms with Crippen LogP contribution in [-0.2, 0) is 22.5 Å². The van der Waals surface area contributed by atoms with E-state index in [1.807, 2.05) is 18.3 Å². The molecule has 0 aromatic carbocycles. The predicted molar refractivity (Wildman–Crippen MR) is 290 cm³/mol. The van der Waals surface area contributed by atoms with Crippen molar-refractivity contribution >= 4 is 45.1 Å². The number of carbonyl (C=O) groups is 1. The highest BCUT2D eigenvalue weighted by atomic mass is 28.4. The molecule has 1 aromatic rings. The van der Waals surface area contributed by atoms with Crippen LogP contribution in [0.5, 0.6) is 0 Å². The second-order valence-corrected chi connectivity index (χ2v) is 45.3. The van der Waals surface area contributed by atoms with Crippen LogP contribution in [0, 0.1) is 17.3 Å². The van der Waals surface area contributed by atoms with E-state index < -0.39 is 38.7 Å². The Bertz CT molecular complexity index is 1640. The molecule has 10 heteroatoms. The summed E-state index contributed by atoms with van der Waals surface area (Å²) in [6.45, 7) is 60.3. The second-order valence-electron chi connectivity index (χ2n) is 26.3. The summed E-state index contributed by atoms with van der Waals surface area (Å²) in [6.07, 6.45) is 12.3. The van der Waals surface area contributed by atoms with Gasteiger partial charge in [-0.2, -0.15) is 0 Å². The Morgan fingerprint density at radius 1 is 0.688 bits per heavy atom. The van der Waals surface area contributed by atoms with Gasteiger partial charge in [-0.05, 0) is 155 Å². The lowest BCUT2D eigenvalue weighted by Crippen LogP contribution is -2.55. The van der Waals surface area contributed by atoms with Gasteiger partial charge in [0.1, 0.15) is 5.78 Å². The van der Waals surface area contributed by atoms with Gasteiger partial charge in [0.15, 0.2) is 33.3 Å². The van der Waals surface area contributed by atoms with Crippen LogP contribution in [0.3, 0.4) is 0 Å². The van der Waals surface area contributed by atoms with Crippen molar-refractivity contribution in [3.63, 3.8) is 0 Å². The molecule has 0 aliphatic carbocycles. The number of Topliss-reactive ketones (excluding diaryl/α,β-unsaturated/α-hetero) is 1. The maximum Gasteiger partial charge on any atom is 0.192 e. The minimum atomic E-state index is -2.26. The summed E-state index contributed by atoms with van der Waals surface area (Å²) in [5.41, 5.74) is 2.83. The smallest absolute Gasteiger partial charge is 0.192 e. The number of hydrogen-bond donors (Lipinski definition) is 0. The second kappa shape index (κ2) is 23.5. The van der Waals surface area contributed by atoms with Gasteiger partial charge in [-0.1, -0.05) is 135 Å². The van der Waals surface area contributed by atoms with Gasteiger partial charge in [-0.3, -0.25) is 9.78 Å². The van der Waals surface area contributed by atoms with Crippen LogP contribution in [0.15, 0.2) is 41.6 Å². The van der Waals surface area contributed by atoms with Crippen molar-refractivity contribution in [2.75, 3.05) is 6.61 Å². The first-order valence-corrected chi connectivity index (χ1v) is 36.7. The number of aromatic nitrogens is 1. The Hall–Kier alpha value is -0.992. The molecular weight excluding hydrogens is 855 g/mol. The molecule has 0 amide bonds. The van der Waals surface area contributed by atoms with Gasteiger partial charge >= 0.3 is 0 Å². The van der Waals surface area contributed by atoms with Gasteiger partial charge in [0.05, 0.1) is 24.0 Å². The number of rotatable bonds is 25. The van der Waals surface area contributed by atoms with Crippen LogP contribution >= 0.6 is 0 Å². The van der Waals surface area contributed by atoms with E-state index in [-0.39, 0.29) is 50.3 Å². The lowest BCUT2D eigenvalue weighted by atomic mass is 9.71. The first kappa shape index (κ1) is 61.0. The number of ketones is 1. The van der Waals surface area contributed by atoms with E-state index in [0.717, 1.165) is 44.2 Å². The van der Waals surface area contributed by atoms with E-state index in [1.165, 1.54) is 11.1 Å². The van der Waals surface area contributed by atoms with Gasteiger partial charge in [0.2, 0.25) is 0 Å². The average Bonchev–Trinajstić information content (AvgIpc) is 3.12. The van der Waals surface area contributed by atoms with Crippen LogP contribution in [-0.4, -0.2) is 69.0 Å². The lowest BCUT2D eigenvalue weighted by molar-refractivity contribution is -0.142. The van der Waals surface area contributed by atoms with Crippen molar-refractivity contribution in [3.05, 3.63) is 47.3 Å². The quantitative estimate of drug-likeness (QED) is 0.0718. The third-order valence-electron chi connectivity index (χ3n) is 16.2. The third-order valence-corrected chi connectivity index (χ3v) is 34.2. The molecule has 1 aromatic heterocycles. The molecule has 372 valence electrons. The standard InChI is InChI=1S/C54H105NO5Si4/c1-27-31-45(49(56)54(17,18)47(59-63(23,24)52(11,12)13)37-39-57-61(19,20)50(5,6)7)48(60-64(25,26)53(14,15)16)42(3)33-30-32-41(2)35-36-46(58-62(21,22)51(8,9)10)43(4)40-44-34-28-29-38-55-44/h28-29,34-35,38,40,42,45-48H,27,30-33,36-37,39H2,1-26H3. The average molecular weight is 961 g/mol. The SMILES string of the molecule is CCCC(C(=O)C(C)(C)C(CCO[Si](C)(C)C(C)(C)C)O[Si](C)(C)C(C)(C)C)C(O[Si](C)(C)C(C)(C)C)C(C)CCCC(C)=CCC(O[Si](C)(C)C(C)(C)C)C(C)=Cc1ccccn1. The highest BCUT2D eigenvalue weighted by molar-refractivity contribution is 6.75. The zero-order valence-electron chi connectivity index (χ0n) is 47.0. The number of carbonyl (C=O) groups excluding carboxylic acids is 1. The molecule has 0 fully saturated rings. The Balaban J connectivity index is 3.60. The largest absolute Gasteiger partial charge is 0.417 e. The predicted octanol–water partition coefficient (Wildman–Crippen LogP) is 17.2. The molecule has 0 bridgehead atoms. The summed E-state index contributed by atoms with van der Waals surface area (Å²) in [6, 6.07) is 6.06. The van der Waals surface area contributed by atoms with Crippen LogP contribution in [0.1, 0.15) is 175 Å². The molecule has 0 aliphatic heterocycles. The van der Waals surface area contributed by atoms with E-state index in [9.17, 15) is 0 Å². The van der Waals surface area contributed by atoms with Crippen molar-refractivity contribution in [2.24, 2.45) is 17.3 Å². The zero-order chi connectivity index (χ0) is 50.1. The highest BCUT2D eigenvalue weighted by Crippen LogP contribution is 2.46. The van der Waals surface area contributed by atoms with Gasteiger partial charge in [-0.25, -0.2) is 0 Å². The van der Waals surface area contributed by atoms with Gasteiger partial charge in [-0.15, -0.1) is 0 Å². The van der Waals surface area contributed by atoms with Crippen molar-refractivity contribution in [3.8, 4) is 0 Å². The highest BCUT2D eigenvalue weighted by Gasteiger charge is 2.50. The molecule has 0 saturated carbocycles. The molecule has 5 atom stereocenters. The maximum absolute atomic E-state index is 15.6. The Labute approximate surface area is 402 Å². The topological polar surface area (TPSA) is 66.9 Å². The van der Waals surface area contributed by atoms with Crippen molar-refractivity contribution in [1.82, 2.24) is 4.98 Å². The number of hydrogen-bond acceptors (Lipinski definition) is 6. The molecule has 0 spiro atoms. The van der Waals surface area contributed by atoms with Crippen molar-refractivity contribution < 1.29 is 22.5 Å². The molecule has 0 aliphatic rings. The molecule has 0 N–H and O–H groups in total. The van der Waals surface area contributed by atoms with E-state index in [4.69, 9.17) is 17.7 Å². The van der Waals surface area contributed by atoms with E-state index in [2.05, 4.69) is 200 Å². The van der Waals surface area contributed by atoms with Crippen molar-refractivity contribution in [1.29, 1.82) is 0 Å². The molecular formula is C54H105NO5Si4. The maximum atomic E-state index is 15.6. The van der Waals surface area contributed by atoms with Crippen LogP contribution in [0.4, 0.5) is 0 Å². The fourth-order valence-corrected chi connectivity index (χ4v) is 12.5. The van der Waals surface area contributed by atoms with Crippen LogP contribution in [0.2, 0.25) is 72.5 Å². The summed E-state index contributed by atoms with van der Waals surface area (Å²) in [5.74, 6) is 0.270. The van der Waals surface area contributed by atoms with Crippen LogP contribution < -0.4 is 0 Å². The van der Waals surface area contributed by atoms with Gasteiger partial charge < -0.3 is 17.7 Å². The molecule has 6 nitrogen and oxygen atoms in total. The summed E-state index contributed by atoms with van der Waals surface area (Å²) < 4.78 is 28.7. The van der Waals surface area contributed by atoms with E-state index in [0.29, 0.717) is 18.8 Å². The Morgan fingerprint density at radius 3 is 1.66 bits per heavy atom. The zero-order valence-corrected chi connectivity index (χ0v) is 51.0. The number of allylic oxidation sites excluding steroid dienone is 1. The molecule has 0 saturated heterocycles. The Morgan fingerprint density at radius 2 is 1.19 bits per heavy atom. The van der Waals surface area contributed by atoms with E-state index >= 15 is 4.79 Å². The lowest BCUT2D eigenvalue weighted by Gasteiger charge is -2.47. The fraction of sp³-hybridized carbons (Fsp3) is 0.815. The first-order valence-electron chi connectivity index (χ1n) is 25.1. The number of nitrogens with zero attached hydrogens (tertiary/aromatic N) is 1. The third kappa shape index (κ3) is 17.8. The summed E-state index contributed by atoms with van der Waals surface area (Å²) in [7, 11) is -8.54. The first-order chi connectivity index (χ1) is 28.6. The minimum Gasteiger partial charge on any atom is -0.417 e. The summed E-state index contributed by atoms with van der Waals surface area (Å²) in [5, 5.41) is 0.243. The molecule has 1 heterocycles. The normalized spacial score (nSPS) is 17.3. The van der Waals surface area contributed by atoms with Crippen LogP contribution in [0.25, 0.3) is 6.08 Å². The summed E-state index contributed by atoms with van der Waals surface area (Å²) >= 11 is 0. The number of pyridine rings is 1. The van der Waals surface area contributed by atoms with Gasteiger partial charge in [0.25, 0.3) is 0 Å².